The van der Waals surface area contributed by atoms with Crippen molar-refractivity contribution in [2.45, 2.75) is 26.1 Å². The number of benzene rings is 2. The number of aromatic nitrogens is 1. The summed E-state index contributed by atoms with van der Waals surface area (Å²) in [6.45, 7) is 3.20. The summed E-state index contributed by atoms with van der Waals surface area (Å²) in [6.07, 6.45) is 0. The largest absolute Gasteiger partial charge is 0.497 e. The van der Waals surface area contributed by atoms with Gasteiger partial charge in [-0.05, 0) is 36.8 Å². The van der Waals surface area contributed by atoms with Gasteiger partial charge >= 0.3 is 0 Å². The van der Waals surface area contributed by atoms with Crippen LogP contribution in [-0.4, -0.2) is 31.1 Å². The van der Waals surface area contributed by atoms with E-state index in [1.807, 2.05) is 56.4 Å². The number of quaternary nitrogens is 1. The van der Waals surface area contributed by atoms with Crippen LogP contribution in [0.2, 0.25) is 0 Å². The van der Waals surface area contributed by atoms with Crippen LogP contribution in [-0.2, 0) is 17.9 Å². The van der Waals surface area contributed by atoms with Crippen molar-refractivity contribution in [3.63, 3.8) is 0 Å². The molecule has 0 aliphatic heterocycles. The van der Waals surface area contributed by atoms with E-state index in [0.717, 1.165) is 33.3 Å². The molecule has 136 valence electrons. The lowest BCUT2D eigenvalue weighted by Gasteiger charge is -2.20. The van der Waals surface area contributed by atoms with Gasteiger partial charge in [0.05, 0.1) is 24.4 Å². The number of likely N-dealkylation sites (N-methyl/N-ethyl adjacent to an activating group) is 1. The summed E-state index contributed by atoms with van der Waals surface area (Å²) >= 11 is 1.69. The summed E-state index contributed by atoms with van der Waals surface area (Å²) in [6, 6.07) is 15.7. The minimum Gasteiger partial charge on any atom is -0.497 e. The van der Waals surface area contributed by atoms with Gasteiger partial charge in [-0.1, -0.05) is 24.3 Å². The third kappa shape index (κ3) is 4.39. The standard InChI is InChI=1S/C20H23N3O2S/c1-14(20(24)21-12-15-8-10-16(25-3)11-9-15)23(2)13-19-22-17-6-4-5-7-18(17)26-19/h4-11,14H,12-13H2,1-3H3,(H,21,24)/p+1/t14-/m1/s1. The lowest BCUT2D eigenvalue weighted by molar-refractivity contribution is -0.908. The molecule has 2 atom stereocenters. The maximum Gasteiger partial charge on any atom is 0.278 e. The van der Waals surface area contributed by atoms with Crippen molar-refractivity contribution in [2.75, 3.05) is 14.2 Å². The number of carbonyl (C=O) groups is 1. The molecule has 26 heavy (non-hydrogen) atoms. The van der Waals surface area contributed by atoms with E-state index >= 15 is 0 Å². The number of nitrogens with one attached hydrogen (secondary N) is 2. The second-order valence-electron chi connectivity index (χ2n) is 6.39. The van der Waals surface area contributed by atoms with E-state index in [4.69, 9.17) is 4.74 Å². The van der Waals surface area contributed by atoms with Gasteiger partial charge in [0, 0.05) is 6.54 Å². The molecule has 0 saturated carbocycles. The number of amides is 1. The molecule has 1 heterocycles. The molecule has 2 N–H and O–H groups in total. The highest BCUT2D eigenvalue weighted by molar-refractivity contribution is 7.18. The second kappa shape index (κ2) is 8.29. The van der Waals surface area contributed by atoms with E-state index in [9.17, 15) is 4.79 Å². The molecule has 0 aliphatic rings. The smallest absolute Gasteiger partial charge is 0.278 e. The first kappa shape index (κ1) is 18.4. The molecule has 0 bridgehead atoms. The predicted octanol–water partition coefficient (Wildman–Crippen LogP) is 2.02. The molecular weight excluding hydrogens is 346 g/mol. The van der Waals surface area contributed by atoms with E-state index < -0.39 is 0 Å². The summed E-state index contributed by atoms with van der Waals surface area (Å²) < 4.78 is 6.33. The highest BCUT2D eigenvalue weighted by Crippen LogP contribution is 2.20. The number of carbonyl (C=O) groups excluding carboxylic acids is 1. The lowest BCUT2D eigenvalue weighted by Crippen LogP contribution is -3.12. The van der Waals surface area contributed by atoms with Crippen LogP contribution >= 0.6 is 11.3 Å². The van der Waals surface area contributed by atoms with Crippen LogP contribution in [0.4, 0.5) is 0 Å². The van der Waals surface area contributed by atoms with Crippen molar-refractivity contribution in [2.24, 2.45) is 0 Å². The summed E-state index contributed by atoms with van der Waals surface area (Å²) in [5.41, 5.74) is 2.08. The number of thiazole rings is 1. The molecule has 1 unspecified atom stereocenters. The molecule has 0 fully saturated rings. The van der Waals surface area contributed by atoms with Gasteiger partial charge in [0.1, 0.15) is 17.3 Å². The molecule has 2 aromatic carbocycles. The molecule has 0 spiro atoms. The van der Waals surface area contributed by atoms with Gasteiger partial charge in [-0.2, -0.15) is 0 Å². The number of methoxy groups -OCH3 is 1. The fourth-order valence-corrected chi connectivity index (χ4v) is 3.76. The van der Waals surface area contributed by atoms with E-state index in [1.54, 1.807) is 18.4 Å². The Hall–Kier alpha value is -2.44. The van der Waals surface area contributed by atoms with Crippen LogP contribution in [0.5, 0.6) is 5.75 Å². The molecule has 1 amide bonds. The summed E-state index contributed by atoms with van der Waals surface area (Å²) in [5, 5.41) is 4.07. The molecule has 0 aliphatic carbocycles. The maximum absolute atomic E-state index is 12.5. The van der Waals surface area contributed by atoms with Gasteiger partial charge in [-0.25, -0.2) is 4.98 Å². The first-order valence-corrected chi connectivity index (χ1v) is 9.46. The quantitative estimate of drug-likeness (QED) is 0.669. The first-order valence-electron chi connectivity index (χ1n) is 8.64. The molecular formula is C20H24N3O2S+. The Bertz CT molecular complexity index is 843. The topological polar surface area (TPSA) is 55.7 Å². The molecule has 3 rings (SSSR count). The van der Waals surface area contributed by atoms with Gasteiger partial charge in [-0.15, -0.1) is 11.3 Å². The SMILES string of the molecule is COc1ccc(CNC(=O)[C@@H](C)[NH+](C)Cc2nc3ccccc3s2)cc1. The Morgan fingerprint density at radius 1 is 1.23 bits per heavy atom. The monoisotopic (exact) mass is 370 g/mol. The number of nitrogens with zero attached hydrogens (tertiary/aromatic N) is 1. The maximum atomic E-state index is 12.5. The Morgan fingerprint density at radius 2 is 1.96 bits per heavy atom. The minimum absolute atomic E-state index is 0.0411. The van der Waals surface area contributed by atoms with Crippen molar-refractivity contribution in [1.29, 1.82) is 0 Å². The molecule has 5 nitrogen and oxygen atoms in total. The van der Waals surface area contributed by atoms with Crippen LogP contribution in [0.25, 0.3) is 10.2 Å². The number of para-hydroxylation sites is 1. The predicted molar refractivity (Wildman–Crippen MR) is 105 cm³/mol. The zero-order chi connectivity index (χ0) is 18.5. The fraction of sp³-hybridized carbons (Fsp3) is 0.300. The van der Waals surface area contributed by atoms with Gasteiger partial charge < -0.3 is 15.0 Å². The van der Waals surface area contributed by atoms with Gasteiger partial charge in [0.15, 0.2) is 6.04 Å². The average molecular weight is 370 g/mol. The van der Waals surface area contributed by atoms with Crippen molar-refractivity contribution in [3.8, 4) is 5.75 Å². The van der Waals surface area contributed by atoms with E-state index in [-0.39, 0.29) is 11.9 Å². The van der Waals surface area contributed by atoms with Gasteiger partial charge in [0.2, 0.25) is 0 Å². The fourth-order valence-electron chi connectivity index (χ4n) is 2.70. The normalized spacial score (nSPS) is 13.3. The lowest BCUT2D eigenvalue weighted by atomic mass is 10.2. The Kier molecular flexibility index (Phi) is 5.85. The van der Waals surface area contributed by atoms with Crippen molar-refractivity contribution < 1.29 is 14.4 Å². The Labute approximate surface area is 157 Å². The number of rotatable bonds is 7. The zero-order valence-corrected chi connectivity index (χ0v) is 16.1. The molecule has 0 radical (unpaired) electrons. The minimum atomic E-state index is -0.153. The molecule has 0 saturated heterocycles. The van der Waals surface area contributed by atoms with Crippen LogP contribution in [0, 0.1) is 0 Å². The highest BCUT2D eigenvalue weighted by atomic mass is 32.1. The van der Waals surface area contributed by atoms with Crippen LogP contribution in [0.3, 0.4) is 0 Å². The molecule has 3 aromatic rings. The number of fused-ring (bicyclic) bond motifs is 1. The van der Waals surface area contributed by atoms with Gasteiger partial charge in [-0.3, -0.25) is 4.79 Å². The van der Waals surface area contributed by atoms with Crippen molar-refractivity contribution in [1.82, 2.24) is 10.3 Å². The summed E-state index contributed by atoms with van der Waals surface area (Å²) in [4.78, 5) is 18.2. The summed E-state index contributed by atoms with van der Waals surface area (Å²) in [5.74, 6) is 0.855. The second-order valence-corrected chi connectivity index (χ2v) is 7.50. The van der Waals surface area contributed by atoms with E-state index in [0.29, 0.717) is 6.54 Å². The van der Waals surface area contributed by atoms with Crippen LogP contribution in [0.1, 0.15) is 17.5 Å². The zero-order valence-electron chi connectivity index (χ0n) is 15.3. The van der Waals surface area contributed by atoms with E-state index in [2.05, 4.69) is 16.4 Å². The number of ether oxygens (including phenoxy) is 1. The van der Waals surface area contributed by atoms with Gasteiger partial charge in [0.25, 0.3) is 5.91 Å². The molecule has 6 heteroatoms. The van der Waals surface area contributed by atoms with Crippen LogP contribution in [0.15, 0.2) is 48.5 Å². The third-order valence-electron chi connectivity index (χ3n) is 4.53. The third-order valence-corrected chi connectivity index (χ3v) is 5.56. The highest BCUT2D eigenvalue weighted by Gasteiger charge is 2.22. The number of hydrogen-bond donors (Lipinski definition) is 2. The molecule has 1 aromatic heterocycles. The van der Waals surface area contributed by atoms with E-state index in [1.165, 1.54) is 4.70 Å². The van der Waals surface area contributed by atoms with Crippen LogP contribution < -0.4 is 15.0 Å². The Balaban J connectivity index is 1.54. The Morgan fingerprint density at radius 3 is 2.65 bits per heavy atom. The number of hydrogen-bond acceptors (Lipinski definition) is 4. The summed E-state index contributed by atoms with van der Waals surface area (Å²) in [7, 11) is 3.67. The first-order chi connectivity index (χ1) is 12.6. The van der Waals surface area contributed by atoms with Crippen molar-refractivity contribution in [3.05, 3.63) is 59.1 Å². The van der Waals surface area contributed by atoms with Crippen molar-refractivity contribution >= 4 is 27.5 Å². The average Bonchev–Trinajstić information content (AvgIpc) is 3.08.